The van der Waals surface area contributed by atoms with Crippen LogP contribution in [0.3, 0.4) is 0 Å². The van der Waals surface area contributed by atoms with Crippen LogP contribution in [0.15, 0.2) is 42.5 Å². The molecule has 19 heavy (non-hydrogen) atoms. The van der Waals surface area contributed by atoms with Crippen LogP contribution in [0.1, 0.15) is 29.8 Å². The quantitative estimate of drug-likeness (QED) is 0.837. The van der Waals surface area contributed by atoms with Gasteiger partial charge in [0.1, 0.15) is 17.6 Å². The number of rotatable bonds is 1. The molecule has 2 aromatic carbocycles. The molecule has 2 atom stereocenters. The van der Waals surface area contributed by atoms with Crippen molar-refractivity contribution in [3.63, 3.8) is 0 Å². The highest BCUT2D eigenvalue weighted by molar-refractivity contribution is 6.32. The minimum Gasteiger partial charge on any atom is -0.506 e. The minimum absolute atomic E-state index is 0.0437. The topological polar surface area (TPSA) is 49.7 Å². The Hall–Kier alpha value is -1.71. The highest BCUT2D eigenvalue weighted by Gasteiger charge is 2.27. The molecule has 2 unspecified atom stereocenters. The molecule has 1 heterocycles. The molecule has 0 bridgehead atoms. The van der Waals surface area contributed by atoms with Crippen LogP contribution in [0, 0.1) is 0 Å². The predicted molar refractivity (Wildman–Crippen MR) is 72.5 cm³/mol. The fraction of sp³-hybridized carbons (Fsp3) is 0.200. The number of aliphatic hydroxyl groups excluding tert-OH is 1. The highest BCUT2D eigenvalue weighted by atomic mass is 35.5. The molecule has 2 aromatic rings. The summed E-state index contributed by atoms with van der Waals surface area (Å²) in [6.07, 6.45) is -0.344. The van der Waals surface area contributed by atoms with Gasteiger partial charge in [-0.05, 0) is 23.8 Å². The van der Waals surface area contributed by atoms with E-state index in [1.165, 1.54) is 6.07 Å². The van der Waals surface area contributed by atoms with Gasteiger partial charge in [0.05, 0.1) is 11.1 Å². The van der Waals surface area contributed by atoms with E-state index >= 15 is 0 Å². The van der Waals surface area contributed by atoms with E-state index in [4.69, 9.17) is 16.3 Å². The molecule has 0 aliphatic carbocycles. The van der Waals surface area contributed by atoms with Gasteiger partial charge in [-0.1, -0.05) is 35.9 Å². The summed E-state index contributed by atoms with van der Waals surface area (Å²) in [7, 11) is 0. The Morgan fingerprint density at radius 3 is 2.74 bits per heavy atom. The van der Waals surface area contributed by atoms with Gasteiger partial charge in [-0.25, -0.2) is 0 Å². The monoisotopic (exact) mass is 276 g/mol. The van der Waals surface area contributed by atoms with E-state index < -0.39 is 6.10 Å². The maximum atomic E-state index is 10.2. The van der Waals surface area contributed by atoms with Gasteiger partial charge in [0.15, 0.2) is 0 Å². The number of fused-ring (bicyclic) bond motifs is 1. The van der Waals surface area contributed by atoms with Gasteiger partial charge in [0.25, 0.3) is 0 Å². The van der Waals surface area contributed by atoms with E-state index in [1.807, 2.05) is 24.3 Å². The summed E-state index contributed by atoms with van der Waals surface area (Å²) in [5.41, 5.74) is 1.65. The van der Waals surface area contributed by atoms with Gasteiger partial charge in [-0.2, -0.15) is 0 Å². The van der Waals surface area contributed by atoms with Gasteiger partial charge in [-0.3, -0.25) is 0 Å². The molecular weight excluding hydrogens is 264 g/mol. The number of phenols is 1. The Bertz CT molecular complexity index is 612. The molecule has 0 saturated heterocycles. The van der Waals surface area contributed by atoms with Crippen molar-refractivity contribution in [1.82, 2.24) is 0 Å². The van der Waals surface area contributed by atoms with Crippen LogP contribution in [-0.2, 0) is 0 Å². The maximum absolute atomic E-state index is 10.2. The molecule has 0 aromatic heterocycles. The smallest absolute Gasteiger partial charge is 0.134 e. The Balaban J connectivity index is 1.94. The Kier molecular flexibility index (Phi) is 3.09. The first kappa shape index (κ1) is 12.3. The lowest BCUT2D eigenvalue weighted by atomic mass is 9.95. The molecule has 0 amide bonds. The molecule has 0 spiro atoms. The van der Waals surface area contributed by atoms with E-state index in [9.17, 15) is 10.2 Å². The Labute approximate surface area is 116 Å². The Morgan fingerprint density at radius 1 is 1.16 bits per heavy atom. The zero-order valence-electron chi connectivity index (χ0n) is 10.1. The van der Waals surface area contributed by atoms with Gasteiger partial charge >= 0.3 is 0 Å². The van der Waals surface area contributed by atoms with Crippen molar-refractivity contribution in [2.24, 2.45) is 0 Å². The summed E-state index contributed by atoms with van der Waals surface area (Å²) in [6.45, 7) is 0. The zero-order valence-corrected chi connectivity index (χ0v) is 10.8. The van der Waals surface area contributed by atoms with E-state index in [0.717, 1.165) is 11.1 Å². The van der Waals surface area contributed by atoms with Crippen molar-refractivity contribution in [3.05, 3.63) is 58.6 Å². The van der Waals surface area contributed by atoms with Gasteiger partial charge in [0.2, 0.25) is 0 Å². The lowest BCUT2D eigenvalue weighted by molar-refractivity contribution is 0.0657. The third kappa shape index (κ3) is 2.27. The first-order valence-electron chi connectivity index (χ1n) is 6.07. The lowest BCUT2D eigenvalue weighted by Gasteiger charge is -2.30. The summed E-state index contributed by atoms with van der Waals surface area (Å²) >= 11 is 5.90. The number of halogens is 1. The maximum Gasteiger partial charge on any atom is 0.134 e. The zero-order chi connectivity index (χ0) is 13.4. The van der Waals surface area contributed by atoms with Crippen LogP contribution in [0.5, 0.6) is 11.5 Å². The second-order valence-corrected chi connectivity index (χ2v) is 5.01. The summed E-state index contributed by atoms with van der Waals surface area (Å²) in [5.74, 6) is 0.734. The molecule has 3 rings (SSSR count). The molecule has 3 nitrogen and oxygen atoms in total. The summed E-state index contributed by atoms with van der Waals surface area (Å²) in [5, 5.41) is 19.9. The molecule has 98 valence electrons. The van der Waals surface area contributed by atoms with E-state index in [2.05, 4.69) is 0 Å². The van der Waals surface area contributed by atoms with Gasteiger partial charge in [0, 0.05) is 12.0 Å². The second kappa shape index (κ2) is 4.76. The number of para-hydroxylation sites is 1. The average molecular weight is 277 g/mol. The van der Waals surface area contributed by atoms with Crippen LogP contribution in [0.25, 0.3) is 0 Å². The van der Waals surface area contributed by atoms with E-state index in [1.54, 1.807) is 12.1 Å². The second-order valence-electron chi connectivity index (χ2n) is 4.61. The number of hydrogen-bond donors (Lipinski definition) is 2. The molecule has 4 heteroatoms. The minimum atomic E-state index is -0.553. The molecule has 0 radical (unpaired) electrons. The largest absolute Gasteiger partial charge is 0.506 e. The number of aliphatic hydroxyl groups is 1. The van der Waals surface area contributed by atoms with E-state index in [0.29, 0.717) is 12.2 Å². The normalized spacial score (nSPS) is 21.6. The van der Waals surface area contributed by atoms with Crippen LogP contribution in [0.4, 0.5) is 0 Å². The van der Waals surface area contributed by atoms with Gasteiger partial charge in [-0.15, -0.1) is 0 Å². The number of phenolic OH excluding ortho intramolecular Hbond substituents is 1. The Morgan fingerprint density at radius 2 is 1.95 bits per heavy atom. The van der Waals surface area contributed by atoms with Crippen LogP contribution >= 0.6 is 11.6 Å². The first-order valence-corrected chi connectivity index (χ1v) is 6.45. The molecule has 1 aliphatic rings. The van der Waals surface area contributed by atoms with Crippen molar-refractivity contribution >= 4 is 11.6 Å². The average Bonchev–Trinajstić information content (AvgIpc) is 2.42. The fourth-order valence-electron chi connectivity index (χ4n) is 2.32. The van der Waals surface area contributed by atoms with Crippen molar-refractivity contribution in [2.45, 2.75) is 18.6 Å². The summed E-state index contributed by atoms with van der Waals surface area (Å²) in [6, 6.07) is 12.4. The summed E-state index contributed by atoms with van der Waals surface area (Å²) in [4.78, 5) is 0. The lowest BCUT2D eigenvalue weighted by Crippen LogP contribution is -2.18. The third-order valence-corrected chi connectivity index (χ3v) is 3.63. The SMILES string of the molecule is Oc1ccc(C2CC(O)c3ccccc3O2)cc1Cl. The molecule has 1 aliphatic heterocycles. The molecule has 2 N–H and O–H groups in total. The standard InChI is InChI=1S/C15H13ClO3/c16-11-7-9(5-6-12(11)17)15-8-13(18)10-3-1-2-4-14(10)19-15/h1-7,13,15,17-18H,8H2. The van der Waals surface area contributed by atoms with Crippen molar-refractivity contribution in [1.29, 1.82) is 0 Å². The number of ether oxygens (including phenoxy) is 1. The van der Waals surface area contributed by atoms with E-state index in [-0.39, 0.29) is 16.9 Å². The molecular formula is C15H13ClO3. The van der Waals surface area contributed by atoms with Crippen LogP contribution < -0.4 is 4.74 Å². The number of hydrogen-bond acceptors (Lipinski definition) is 3. The van der Waals surface area contributed by atoms with Crippen molar-refractivity contribution in [2.75, 3.05) is 0 Å². The van der Waals surface area contributed by atoms with Gasteiger partial charge < -0.3 is 14.9 Å². The fourth-order valence-corrected chi connectivity index (χ4v) is 2.51. The number of aromatic hydroxyl groups is 1. The van der Waals surface area contributed by atoms with Crippen LogP contribution in [0.2, 0.25) is 5.02 Å². The van der Waals surface area contributed by atoms with Crippen molar-refractivity contribution < 1.29 is 14.9 Å². The third-order valence-electron chi connectivity index (χ3n) is 3.33. The summed E-state index contributed by atoms with van der Waals surface area (Å²) < 4.78 is 5.88. The highest BCUT2D eigenvalue weighted by Crippen LogP contribution is 2.41. The molecule has 0 fully saturated rings. The predicted octanol–water partition coefficient (Wildman–Crippen LogP) is 3.60. The number of benzene rings is 2. The van der Waals surface area contributed by atoms with Crippen molar-refractivity contribution in [3.8, 4) is 11.5 Å². The molecule has 0 saturated carbocycles. The first-order chi connectivity index (χ1) is 9.15. The van der Waals surface area contributed by atoms with Crippen LogP contribution in [-0.4, -0.2) is 10.2 Å².